The number of hydrogen-bond acceptors (Lipinski definition) is 2. The van der Waals surface area contributed by atoms with Crippen LogP contribution in [0, 0.1) is 11.6 Å². The van der Waals surface area contributed by atoms with Gasteiger partial charge in [0.25, 0.3) is 0 Å². The van der Waals surface area contributed by atoms with E-state index in [1.54, 1.807) is 7.11 Å². The number of nitrogens with one attached hydrogen (secondary N) is 1. The molecule has 0 heterocycles. The second-order valence-electron chi connectivity index (χ2n) is 4.52. The average Bonchev–Trinajstić information content (AvgIpc) is 2.49. The quantitative estimate of drug-likeness (QED) is 0.830. The lowest BCUT2D eigenvalue weighted by atomic mass is 9.97. The van der Waals surface area contributed by atoms with Crippen molar-refractivity contribution >= 4 is 11.6 Å². The average molecular weight is 312 g/mol. The maximum Gasteiger partial charge on any atom is 0.160 e. The lowest BCUT2D eigenvalue weighted by Crippen LogP contribution is -2.23. The molecule has 5 heteroatoms. The van der Waals surface area contributed by atoms with Gasteiger partial charge in [-0.3, -0.25) is 0 Å². The molecule has 0 fully saturated rings. The Balaban J connectivity index is 2.56. The van der Waals surface area contributed by atoms with Crippen LogP contribution in [-0.4, -0.2) is 13.7 Å². The van der Waals surface area contributed by atoms with Gasteiger partial charge in [-0.1, -0.05) is 36.7 Å². The van der Waals surface area contributed by atoms with Crippen molar-refractivity contribution < 1.29 is 13.5 Å². The van der Waals surface area contributed by atoms with Crippen LogP contribution in [0.5, 0.6) is 5.75 Å². The molecule has 2 aromatic carbocycles. The Morgan fingerprint density at radius 3 is 2.48 bits per heavy atom. The highest BCUT2D eigenvalue weighted by Crippen LogP contribution is 2.34. The van der Waals surface area contributed by atoms with E-state index in [2.05, 4.69) is 5.32 Å². The molecule has 2 rings (SSSR count). The van der Waals surface area contributed by atoms with Crippen LogP contribution in [0.3, 0.4) is 0 Å². The Morgan fingerprint density at radius 2 is 1.81 bits per heavy atom. The number of ether oxygens (including phenoxy) is 1. The van der Waals surface area contributed by atoms with Crippen LogP contribution in [0.2, 0.25) is 5.02 Å². The predicted octanol–water partition coefficient (Wildman–Crippen LogP) is 4.33. The van der Waals surface area contributed by atoms with Gasteiger partial charge in [-0.25, -0.2) is 8.78 Å². The zero-order chi connectivity index (χ0) is 15.4. The van der Waals surface area contributed by atoms with Gasteiger partial charge in [0.05, 0.1) is 13.2 Å². The topological polar surface area (TPSA) is 21.3 Å². The molecule has 0 saturated heterocycles. The number of hydrogen-bond donors (Lipinski definition) is 1. The van der Waals surface area contributed by atoms with Gasteiger partial charge in [-0.05, 0) is 30.3 Å². The van der Waals surface area contributed by atoms with Gasteiger partial charge in [0.1, 0.15) is 5.75 Å². The zero-order valence-corrected chi connectivity index (χ0v) is 12.5. The summed E-state index contributed by atoms with van der Waals surface area (Å²) in [5.74, 6) is -1.23. The van der Waals surface area contributed by atoms with Crippen molar-refractivity contribution in [2.45, 2.75) is 13.0 Å². The first-order valence-electron chi connectivity index (χ1n) is 6.59. The van der Waals surface area contributed by atoms with Gasteiger partial charge < -0.3 is 10.1 Å². The standard InChI is InChI=1S/C16H16ClF2NO/c1-3-20-16(10-6-4-5-7-15(10)21-2)11-8-13(18)14(19)9-12(11)17/h4-9,16,20H,3H2,1-2H3. The monoisotopic (exact) mass is 311 g/mol. The molecule has 1 unspecified atom stereocenters. The van der Waals surface area contributed by atoms with Crippen molar-refractivity contribution in [2.75, 3.05) is 13.7 Å². The Bertz CT molecular complexity index is 634. The number of rotatable bonds is 5. The maximum atomic E-state index is 13.6. The lowest BCUT2D eigenvalue weighted by molar-refractivity contribution is 0.404. The Hall–Kier alpha value is -1.65. The van der Waals surface area contributed by atoms with Crippen LogP contribution >= 0.6 is 11.6 Å². The van der Waals surface area contributed by atoms with E-state index in [1.165, 1.54) is 0 Å². The molecule has 0 radical (unpaired) electrons. The molecular formula is C16H16ClF2NO. The maximum absolute atomic E-state index is 13.6. The minimum atomic E-state index is -0.959. The van der Waals surface area contributed by atoms with E-state index >= 15 is 0 Å². The molecular weight excluding hydrogens is 296 g/mol. The van der Waals surface area contributed by atoms with Crippen molar-refractivity contribution in [3.63, 3.8) is 0 Å². The molecule has 2 nitrogen and oxygen atoms in total. The fraction of sp³-hybridized carbons (Fsp3) is 0.250. The minimum absolute atomic E-state index is 0.172. The third-order valence-corrected chi connectivity index (χ3v) is 3.54. The van der Waals surface area contributed by atoms with Crippen molar-refractivity contribution in [1.29, 1.82) is 0 Å². The SMILES string of the molecule is CCNC(c1cc(F)c(F)cc1Cl)c1ccccc1OC. The van der Waals surface area contributed by atoms with Gasteiger partial charge in [0, 0.05) is 10.6 Å². The highest BCUT2D eigenvalue weighted by molar-refractivity contribution is 6.31. The van der Waals surface area contributed by atoms with Gasteiger partial charge >= 0.3 is 0 Å². The van der Waals surface area contributed by atoms with E-state index in [1.807, 2.05) is 31.2 Å². The lowest BCUT2D eigenvalue weighted by Gasteiger charge is -2.22. The first-order chi connectivity index (χ1) is 10.1. The van der Waals surface area contributed by atoms with Crippen LogP contribution in [0.15, 0.2) is 36.4 Å². The normalized spacial score (nSPS) is 12.2. The van der Waals surface area contributed by atoms with E-state index in [-0.39, 0.29) is 11.1 Å². The molecule has 0 spiro atoms. The van der Waals surface area contributed by atoms with Crippen LogP contribution in [-0.2, 0) is 0 Å². The molecule has 1 atom stereocenters. The van der Waals surface area contributed by atoms with Crippen LogP contribution in [0.4, 0.5) is 8.78 Å². The molecule has 0 aromatic heterocycles. The highest BCUT2D eigenvalue weighted by Gasteiger charge is 2.21. The van der Waals surface area contributed by atoms with Crippen molar-refractivity contribution in [3.8, 4) is 5.75 Å². The summed E-state index contributed by atoms with van der Waals surface area (Å²) >= 11 is 6.09. The summed E-state index contributed by atoms with van der Waals surface area (Å²) in [5.41, 5.74) is 1.29. The summed E-state index contributed by atoms with van der Waals surface area (Å²) in [6.45, 7) is 2.56. The molecule has 112 valence electrons. The summed E-state index contributed by atoms with van der Waals surface area (Å²) in [5, 5.41) is 3.40. The number of halogens is 3. The summed E-state index contributed by atoms with van der Waals surface area (Å²) in [6.07, 6.45) is 0. The summed E-state index contributed by atoms with van der Waals surface area (Å²) in [7, 11) is 1.56. The van der Waals surface area contributed by atoms with Gasteiger partial charge in [-0.2, -0.15) is 0 Å². The number of para-hydroxylation sites is 1. The van der Waals surface area contributed by atoms with Crippen molar-refractivity contribution in [1.82, 2.24) is 5.32 Å². The fourth-order valence-electron chi connectivity index (χ4n) is 2.26. The second kappa shape index (κ2) is 6.87. The Kier molecular flexibility index (Phi) is 5.15. The molecule has 21 heavy (non-hydrogen) atoms. The number of benzene rings is 2. The summed E-state index contributed by atoms with van der Waals surface area (Å²) in [6, 6.07) is 9.11. The fourth-order valence-corrected chi connectivity index (χ4v) is 2.52. The van der Waals surface area contributed by atoms with E-state index in [9.17, 15) is 8.78 Å². The zero-order valence-electron chi connectivity index (χ0n) is 11.8. The third-order valence-electron chi connectivity index (χ3n) is 3.21. The van der Waals surface area contributed by atoms with Crippen molar-refractivity contribution in [3.05, 3.63) is 64.2 Å². The van der Waals surface area contributed by atoms with E-state index < -0.39 is 11.6 Å². The molecule has 0 saturated carbocycles. The molecule has 0 aliphatic rings. The van der Waals surface area contributed by atoms with E-state index in [0.717, 1.165) is 17.7 Å². The highest BCUT2D eigenvalue weighted by atomic mass is 35.5. The van der Waals surface area contributed by atoms with Gasteiger partial charge in [-0.15, -0.1) is 0 Å². The van der Waals surface area contributed by atoms with Crippen LogP contribution in [0.25, 0.3) is 0 Å². The van der Waals surface area contributed by atoms with Gasteiger partial charge in [0.15, 0.2) is 11.6 Å². The van der Waals surface area contributed by atoms with Crippen LogP contribution in [0.1, 0.15) is 24.1 Å². The summed E-state index contributed by atoms with van der Waals surface area (Å²) in [4.78, 5) is 0. The smallest absolute Gasteiger partial charge is 0.160 e. The number of methoxy groups -OCH3 is 1. The largest absolute Gasteiger partial charge is 0.496 e. The Morgan fingerprint density at radius 1 is 1.14 bits per heavy atom. The van der Waals surface area contributed by atoms with Gasteiger partial charge in [0.2, 0.25) is 0 Å². The molecule has 0 amide bonds. The first kappa shape index (κ1) is 15.7. The second-order valence-corrected chi connectivity index (χ2v) is 4.93. The molecule has 1 N–H and O–H groups in total. The molecule has 0 aliphatic carbocycles. The van der Waals surface area contributed by atoms with E-state index in [0.29, 0.717) is 17.9 Å². The predicted molar refractivity (Wildman–Crippen MR) is 79.9 cm³/mol. The third kappa shape index (κ3) is 3.34. The molecule has 2 aromatic rings. The van der Waals surface area contributed by atoms with E-state index in [4.69, 9.17) is 16.3 Å². The minimum Gasteiger partial charge on any atom is -0.496 e. The molecule has 0 bridgehead atoms. The molecule has 0 aliphatic heterocycles. The first-order valence-corrected chi connectivity index (χ1v) is 6.97. The Labute approximate surface area is 127 Å². The van der Waals surface area contributed by atoms with Crippen molar-refractivity contribution in [2.24, 2.45) is 0 Å². The van der Waals surface area contributed by atoms with Crippen LogP contribution < -0.4 is 10.1 Å². The summed E-state index contributed by atoms with van der Waals surface area (Å²) < 4.78 is 32.2.